The Hall–Kier alpha value is -1.90. The number of rotatable bonds is 6. The molecule has 1 unspecified atom stereocenters. The topological polar surface area (TPSA) is 66.9 Å². The molecule has 1 aromatic carbocycles. The second kappa shape index (κ2) is 7.77. The van der Waals surface area contributed by atoms with Crippen LogP contribution in [-0.2, 0) is 14.8 Å². The molecule has 26 heavy (non-hydrogen) atoms. The Kier molecular flexibility index (Phi) is 5.64. The van der Waals surface area contributed by atoms with Gasteiger partial charge in [0.05, 0.1) is 19.7 Å². The van der Waals surface area contributed by atoms with Crippen LogP contribution in [0.25, 0.3) is 0 Å². The first-order valence-electron chi connectivity index (χ1n) is 8.37. The Bertz CT molecular complexity index is 848. The summed E-state index contributed by atoms with van der Waals surface area (Å²) in [5.74, 6) is 0.595. The predicted molar refractivity (Wildman–Crippen MR) is 101 cm³/mol. The highest BCUT2D eigenvalue weighted by molar-refractivity contribution is 7.91. The van der Waals surface area contributed by atoms with Crippen LogP contribution >= 0.6 is 11.3 Å². The van der Waals surface area contributed by atoms with E-state index in [2.05, 4.69) is 0 Å². The summed E-state index contributed by atoms with van der Waals surface area (Å²) in [6.07, 6.45) is 1.78. The quantitative estimate of drug-likeness (QED) is 0.756. The largest absolute Gasteiger partial charge is 0.497 e. The van der Waals surface area contributed by atoms with Crippen molar-refractivity contribution in [2.24, 2.45) is 0 Å². The van der Waals surface area contributed by atoms with Crippen LogP contribution in [0.1, 0.15) is 24.4 Å². The van der Waals surface area contributed by atoms with Crippen LogP contribution in [0, 0.1) is 0 Å². The van der Waals surface area contributed by atoms with Gasteiger partial charge in [-0.2, -0.15) is 4.31 Å². The monoisotopic (exact) mass is 394 g/mol. The average Bonchev–Trinajstić information content (AvgIpc) is 3.33. The molecule has 140 valence electrons. The van der Waals surface area contributed by atoms with Crippen molar-refractivity contribution in [1.82, 2.24) is 9.21 Å². The van der Waals surface area contributed by atoms with Crippen LogP contribution in [0.15, 0.2) is 46.0 Å². The van der Waals surface area contributed by atoms with E-state index in [-0.39, 0.29) is 22.7 Å². The summed E-state index contributed by atoms with van der Waals surface area (Å²) in [6.45, 7) is 0.481. The summed E-state index contributed by atoms with van der Waals surface area (Å²) in [6, 6.07) is 10.9. The SMILES string of the molecule is COc1ccc(C2CCCN2C(=O)CN(C)S(=O)(=O)c2cccs2)cc1. The molecule has 2 heterocycles. The summed E-state index contributed by atoms with van der Waals surface area (Å²) < 4.78 is 31.6. The molecule has 0 spiro atoms. The third-order valence-electron chi connectivity index (χ3n) is 4.59. The maximum absolute atomic E-state index is 12.8. The molecule has 1 aliphatic heterocycles. The molecule has 1 fully saturated rings. The molecule has 8 heteroatoms. The Morgan fingerprint density at radius 3 is 2.65 bits per heavy atom. The standard InChI is InChI=1S/C18H22N2O4S2/c1-19(26(22,23)18-6-4-12-25-18)13-17(21)20-11-3-5-16(20)14-7-9-15(24-2)10-8-14/h4,6-10,12,16H,3,5,11,13H2,1-2H3. The minimum absolute atomic E-state index is 0.0220. The van der Waals surface area contributed by atoms with E-state index >= 15 is 0 Å². The lowest BCUT2D eigenvalue weighted by atomic mass is 10.0. The van der Waals surface area contributed by atoms with Crippen molar-refractivity contribution in [3.8, 4) is 5.75 Å². The number of hydrogen-bond acceptors (Lipinski definition) is 5. The highest BCUT2D eigenvalue weighted by atomic mass is 32.2. The Morgan fingerprint density at radius 2 is 2.04 bits per heavy atom. The molecule has 6 nitrogen and oxygen atoms in total. The molecule has 0 radical (unpaired) electrons. The second-order valence-electron chi connectivity index (χ2n) is 6.21. The molecule has 1 saturated heterocycles. The zero-order valence-corrected chi connectivity index (χ0v) is 16.4. The molecule has 0 N–H and O–H groups in total. The first-order valence-corrected chi connectivity index (χ1v) is 10.7. The van der Waals surface area contributed by atoms with E-state index in [0.29, 0.717) is 6.54 Å². The highest BCUT2D eigenvalue weighted by Crippen LogP contribution is 2.33. The average molecular weight is 395 g/mol. The number of sulfonamides is 1. The number of hydrogen-bond donors (Lipinski definition) is 0. The molecular weight excluding hydrogens is 372 g/mol. The van der Waals surface area contributed by atoms with Crippen molar-refractivity contribution in [1.29, 1.82) is 0 Å². The maximum atomic E-state index is 12.8. The fourth-order valence-electron chi connectivity index (χ4n) is 3.17. The summed E-state index contributed by atoms with van der Waals surface area (Å²) >= 11 is 1.15. The number of amides is 1. The number of ether oxygens (including phenoxy) is 1. The summed E-state index contributed by atoms with van der Waals surface area (Å²) in [5.41, 5.74) is 1.04. The first-order chi connectivity index (χ1) is 12.4. The summed E-state index contributed by atoms with van der Waals surface area (Å²) in [5, 5.41) is 1.71. The number of benzene rings is 1. The molecular formula is C18H22N2O4S2. The molecule has 3 rings (SSSR count). The van der Waals surface area contributed by atoms with Crippen LogP contribution in [0.4, 0.5) is 0 Å². The van der Waals surface area contributed by atoms with Crippen molar-refractivity contribution in [2.45, 2.75) is 23.1 Å². The maximum Gasteiger partial charge on any atom is 0.252 e. The second-order valence-corrected chi connectivity index (χ2v) is 9.43. The van der Waals surface area contributed by atoms with E-state index in [1.165, 1.54) is 7.05 Å². The van der Waals surface area contributed by atoms with E-state index in [1.807, 2.05) is 24.3 Å². The van der Waals surface area contributed by atoms with Gasteiger partial charge in [-0.1, -0.05) is 18.2 Å². The Labute approximate surface area is 158 Å². The first kappa shape index (κ1) is 18.9. The zero-order chi connectivity index (χ0) is 18.7. The number of likely N-dealkylation sites (tertiary alicyclic amines) is 1. The van der Waals surface area contributed by atoms with Crippen molar-refractivity contribution in [2.75, 3.05) is 27.2 Å². The van der Waals surface area contributed by atoms with Crippen molar-refractivity contribution in [3.05, 3.63) is 47.3 Å². The molecule has 0 aliphatic carbocycles. The number of thiophene rings is 1. The molecule has 1 amide bonds. The van der Waals surface area contributed by atoms with Gasteiger partial charge in [0, 0.05) is 13.6 Å². The number of carbonyl (C=O) groups is 1. The Morgan fingerprint density at radius 1 is 1.31 bits per heavy atom. The highest BCUT2D eigenvalue weighted by Gasteiger charge is 2.32. The molecule has 1 aromatic heterocycles. The minimum atomic E-state index is -3.62. The molecule has 1 atom stereocenters. The van der Waals surface area contributed by atoms with Gasteiger partial charge in [-0.05, 0) is 42.0 Å². The lowest BCUT2D eigenvalue weighted by Crippen LogP contribution is -2.40. The van der Waals surface area contributed by atoms with Gasteiger partial charge in [0.1, 0.15) is 9.96 Å². The third kappa shape index (κ3) is 3.77. The Balaban J connectivity index is 1.72. The molecule has 2 aromatic rings. The van der Waals surface area contributed by atoms with E-state index < -0.39 is 10.0 Å². The predicted octanol–water partition coefficient (Wildman–Crippen LogP) is 2.74. The normalized spacial score (nSPS) is 17.7. The molecule has 1 aliphatic rings. The van der Waals surface area contributed by atoms with Gasteiger partial charge < -0.3 is 9.64 Å². The van der Waals surface area contributed by atoms with Crippen LogP contribution in [0.5, 0.6) is 5.75 Å². The van der Waals surface area contributed by atoms with Crippen LogP contribution in [-0.4, -0.2) is 50.8 Å². The minimum Gasteiger partial charge on any atom is -0.497 e. The van der Waals surface area contributed by atoms with Gasteiger partial charge in [0.25, 0.3) is 10.0 Å². The van der Waals surface area contributed by atoms with Gasteiger partial charge in [0.2, 0.25) is 5.91 Å². The van der Waals surface area contributed by atoms with E-state index in [0.717, 1.165) is 39.8 Å². The number of methoxy groups -OCH3 is 1. The van der Waals surface area contributed by atoms with Gasteiger partial charge in [-0.3, -0.25) is 4.79 Å². The number of likely N-dealkylation sites (N-methyl/N-ethyl adjacent to an activating group) is 1. The zero-order valence-electron chi connectivity index (χ0n) is 14.8. The third-order valence-corrected chi connectivity index (χ3v) is 7.77. The lowest BCUT2D eigenvalue weighted by molar-refractivity contribution is -0.132. The van der Waals surface area contributed by atoms with Gasteiger partial charge in [-0.25, -0.2) is 8.42 Å². The summed E-state index contributed by atoms with van der Waals surface area (Å²) in [4.78, 5) is 14.6. The van der Waals surface area contributed by atoms with Crippen molar-refractivity contribution in [3.63, 3.8) is 0 Å². The van der Waals surface area contributed by atoms with Crippen LogP contribution in [0.3, 0.4) is 0 Å². The molecule has 0 saturated carbocycles. The van der Waals surface area contributed by atoms with E-state index in [1.54, 1.807) is 29.5 Å². The van der Waals surface area contributed by atoms with Gasteiger partial charge in [0.15, 0.2) is 0 Å². The van der Waals surface area contributed by atoms with Gasteiger partial charge in [-0.15, -0.1) is 11.3 Å². The smallest absolute Gasteiger partial charge is 0.252 e. The fourth-order valence-corrected chi connectivity index (χ4v) is 5.49. The van der Waals surface area contributed by atoms with Crippen molar-refractivity contribution >= 4 is 27.3 Å². The number of carbonyl (C=O) groups excluding carboxylic acids is 1. The summed E-state index contributed by atoms with van der Waals surface area (Å²) in [7, 11) is -0.558. The van der Waals surface area contributed by atoms with Gasteiger partial charge >= 0.3 is 0 Å². The number of nitrogens with zero attached hydrogens (tertiary/aromatic N) is 2. The molecule has 0 bridgehead atoms. The van der Waals surface area contributed by atoms with Crippen LogP contribution < -0.4 is 4.74 Å². The fraction of sp³-hybridized carbons (Fsp3) is 0.389. The lowest BCUT2D eigenvalue weighted by Gasteiger charge is -2.27. The van der Waals surface area contributed by atoms with Crippen LogP contribution in [0.2, 0.25) is 0 Å². The van der Waals surface area contributed by atoms with Crippen molar-refractivity contribution < 1.29 is 17.9 Å². The van der Waals surface area contributed by atoms with E-state index in [9.17, 15) is 13.2 Å². The van der Waals surface area contributed by atoms with E-state index in [4.69, 9.17) is 4.74 Å².